The minimum atomic E-state index is -0.927. The topological polar surface area (TPSA) is 108 Å². The van der Waals surface area contributed by atoms with Crippen LogP contribution < -0.4 is 16.0 Å². The van der Waals surface area contributed by atoms with E-state index in [0.717, 1.165) is 23.6 Å². The van der Waals surface area contributed by atoms with Gasteiger partial charge in [-0.15, -0.1) is 0 Å². The van der Waals surface area contributed by atoms with Crippen LogP contribution in [0.2, 0.25) is 0 Å². The van der Waals surface area contributed by atoms with E-state index in [1.165, 1.54) is 38.5 Å². The third-order valence-electron chi connectivity index (χ3n) is 7.81. The van der Waals surface area contributed by atoms with Crippen LogP contribution in [0.15, 0.2) is 18.2 Å². The van der Waals surface area contributed by atoms with Gasteiger partial charge in [0.15, 0.2) is 0 Å². The van der Waals surface area contributed by atoms with Gasteiger partial charge in [-0.1, -0.05) is 18.9 Å². The average molecular weight is 439 g/mol. The van der Waals surface area contributed by atoms with E-state index in [-0.39, 0.29) is 18.7 Å². The summed E-state index contributed by atoms with van der Waals surface area (Å²) in [6.45, 7) is 2.79. The van der Waals surface area contributed by atoms with Crippen LogP contribution in [0.25, 0.3) is 0 Å². The predicted molar refractivity (Wildman–Crippen MR) is 117 cm³/mol. The molecule has 4 aliphatic rings. The van der Waals surface area contributed by atoms with Crippen LogP contribution in [0.3, 0.4) is 0 Å². The summed E-state index contributed by atoms with van der Waals surface area (Å²) in [6, 6.07) is 4.90. The fourth-order valence-corrected chi connectivity index (χ4v) is 6.02. The molecule has 8 heteroatoms. The van der Waals surface area contributed by atoms with Crippen LogP contribution in [-0.2, 0) is 16.1 Å². The number of imide groups is 2. The number of hydrogen-bond acceptors (Lipinski definition) is 6. The molecular weight excluding hydrogens is 408 g/mol. The number of rotatable bonds is 4. The number of amides is 4. The van der Waals surface area contributed by atoms with Crippen molar-refractivity contribution in [3.63, 3.8) is 0 Å². The number of piperidine rings is 2. The highest BCUT2D eigenvalue weighted by molar-refractivity contribution is 6.23. The van der Waals surface area contributed by atoms with Crippen molar-refractivity contribution >= 4 is 23.6 Å². The van der Waals surface area contributed by atoms with Gasteiger partial charge in [-0.05, 0) is 68.3 Å². The van der Waals surface area contributed by atoms with Crippen molar-refractivity contribution in [2.45, 2.75) is 70.0 Å². The van der Waals surface area contributed by atoms with Crippen molar-refractivity contribution in [1.29, 1.82) is 0 Å². The van der Waals surface area contributed by atoms with Crippen molar-refractivity contribution in [1.82, 2.24) is 20.9 Å². The van der Waals surface area contributed by atoms with Gasteiger partial charge in [0, 0.05) is 19.0 Å². The van der Waals surface area contributed by atoms with Crippen LogP contribution >= 0.6 is 0 Å². The molecule has 1 aliphatic carbocycles. The zero-order valence-corrected chi connectivity index (χ0v) is 18.2. The van der Waals surface area contributed by atoms with Crippen LogP contribution in [0.4, 0.5) is 0 Å². The minimum absolute atomic E-state index is 0.123. The number of nitrogens with one attached hydrogen (secondary N) is 3. The zero-order valence-electron chi connectivity index (χ0n) is 18.2. The quantitative estimate of drug-likeness (QED) is 0.615. The Hall–Kier alpha value is -2.58. The number of nitrogens with zero attached hydrogens (tertiary/aromatic N) is 1. The molecule has 5 rings (SSSR count). The Morgan fingerprint density at radius 2 is 1.75 bits per heavy atom. The molecule has 3 fully saturated rings. The molecule has 1 spiro atoms. The summed E-state index contributed by atoms with van der Waals surface area (Å²) >= 11 is 0. The third kappa shape index (κ3) is 3.65. The highest BCUT2D eigenvalue weighted by Gasteiger charge is 2.45. The van der Waals surface area contributed by atoms with Crippen LogP contribution in [0, 0.1) is 5.41 Å². The standard InChI is InChI=1S/C24H30N4O4/c29-20-7-6-18(21(30)27-20)28-22(31)16-5-4-15(13-17(16)23(28)32)14-26-19-3-1-2-8-24(19)9-11-25-12-10-24/h4-5,13,18-19,25-26H,1-3,6-12,14H2,(H,27,29,30). The third-order valence-corrected chi connectivity index (χ3v) is 7.81. The highest BCUT2D eigenvalue weighted by atomic mass is 16.2. The van der Waals surface area contributed by atoms with Crippen molar-refractivity contribution < 1.29 is 19.2 Å². The number of fused-ring (bicyclic) bond motifs is 1. The molecule has 0 radical (unpaired) electrons. The molecule has 2 saturated heterocycles. The Bertz CT molecular complexity index is 960. The Morgan fingerprint density at radius 1 is 0.969 bits per heavy atom. The van der Waals surface area contributed by atoms with E-state index in [9.17, 15) is 19.2 Å². The second-order valence-corrected chi connectivity index (χ2v) is 9.62. The lowest BCUT2D eigenvalue weighted by Crippen LogP contribution is -2.54. The van der Waals surface area contributed by atoms with E-state index in [1.807, 2.05) is 6.07 Å². The summed E-state index contributed by atoms with van der Waals surface area (Å²) in [6.07, 6.45) is 7.66. The Balaban J connectivity index is 1.30. The molecule has 2 atom stereocenters. The largest absolute Gasteiger partial charge is 0.317 e. The SMILES string of the molecule is O=C1CCC(N2C(=O)c3ccc(CNC4CCCCC45CCNCC5)cc3C2=O)C(=O)N1. The molecule has 3 N–H and O–H groups in total. The van der Waals surface area contributed by atoms with Gasteiger partial charge in [-0.2, -0.15) is 0 Å². The van der Waals surface area contributed by atoms with Crippen molar-refractivity contribution in [3.05, 3.63) is 34.9 Å². The molecule has 32 heavy (non-hydrogen) atoms. The van der Waals surface area contributed by atoms with Crippen LogP contribution in [0.1, 0.15) is 77.6 Å². The van der Waals surface area contributed by atoms with Gasteiger partial charge in [-0.3, -0.25) is 29.4 Å². The van der Waals surface area contributed by atoms with Gasteiger partial charge >= 0.3 is 0 Å². The molecule has 3 heterocycles. The van der Waals surface area contributed by atoms with E-state index >= 15 is 0 Å². The lowest BCUT2D eigenvalue weighted by atomic mass is 9.65. The van der Waals surface area contributed by atoms with Gasteiger partial charge in [0.25, 0.3) is 11.8 Å². The molecule has 8 nitrogen and oxygen atoms in total. The summed E-state index contributed by atoms with van der Waals surface area (Å²) in [7, 11) is 0. The first-order chi connectivity index (χ1) is 15.5. The van der Waals surface area contributed by atoms with Crippen molar-refractivity contribution in [2.24, 2.45) is 5.41 Å². The Kier molecular flexibility index (Phi) is 5.59. The fraction of sp³-hybridized carbons (Fsp3) is 0.583. The molecule has 3 aliphatic heterocycles. The molecular formula is C24H30N4O4. The summed E-state index contributed by atoms with van der Waals surface area (Å²) in [4.78, 5) is 50.6. The normalized spacial score (nSPS) is 27.6. The predicted octanol–water partition coefficient (Wildman–Crippen LogP) is 1.49. The van der Waals surface area contributed by atoms with E-state index < -0.39 is 23.8 Å². The number of carbonyl (C=O) groups excluding carboxylic acids is 4. The van der Waals surface area contributed by atoms with Crippen LogP contribution in [0.5, 0.6) is 0 Å². The van der Waals surface area contributed by atoms with Crippen molar-refractivity contribution in [3.8, 4) is 0 Å². The molecule has 1 saturated carbocycles. The molecule has 1 aromatic carbocycles. The molecule has 170 valence electrons. The monoisotopic (exact) mass is 438 g/mol. The average Bonchev–Trinajstić information content (AvgIpc) is 3.04. The second kappa shape index (κ2) is 8.41. The molecule has 1 aromatic rings. The van der Waals surface area contributed by atoms with Gasteiger partial charge in [-0.25, -0.2) is 0 Å². The number of hydrogen-bond donors (Lipinski definition) is 3. The fourth-order valence-electron chi connectivity index (χ4n) is 6.02. The van der Waals surface area contributed by atoms with Crippen LogP contribution in [-0.4, -0.2) is 53.7 Å². The molecule has 0 bridgehead atoms. The summed E-state index contributed by atoms with van der Waals surface area (Å²) < 4.78 is 0. The molecule has 2 unspecified atom stereocenters. The summed E-state index contributed by atoms with van der Waals surface area (Å²) in [5.41, 5.74) is 1.99. The van der Waals surface area contributed by atoms with Gasteiger partial charge in [0.05, 0.1) is 11.1 Å². The van der Waals surface area contributed by atoms with Gasteiger partial charge in [0.1, 0.15) is 6.04 Å². The van der Waals surface area contributed by atoms with E-state index in [1.54, 1.807) is 12.1 Å². The Morgan fingerprint density at radius 3 is 2.53 bits per heavy atom. The number of carbonyl (C=O) groups is 4. The zero-order chi connectivity index (χ0) is 22.3. The highest BCUT2D eigenvalue weighted by Crippen LogP contribution is 2.43. The second-order valence-electron chi connectivity index (χ2n) is 9.62. The molecule has 0 aromatic heterocycles. The lowest BCUT2D eigenvalue weighted by molar-refractivity contribution is -0.136. The van der Waals surface area contributed by atoms with E-state index in [0.29, 0.717) is 29.1 Å². The first kappa shape index (κ1) is 21.3. The smallest absolute Gasteiger partial charge is 0.262 e. The first-order valence-corrected chi connectivity index (χ1v) is 11.8. The van der Waals surface area contributed by atoms with Gasteiger partial charge < -0.3 is 10.6 Å². The maximum Gasteiger partial charge on any atom is 0.262 e. The molecule has 4 amide bonds. The summed E-state index contributed by atoms with van der Waals surface area (Å²) in [5.74, 6) is -1.86. The van der Waals surface area contributed by atoms with E-state index in [4.69, 9.17) is 0 Å². The Labute approximate surface area is 187 Å². The summed E-state index contributed by atoms with van der Waals surface area (Å²) in [5, 5.41) is 9.47. The lowest BCUT2D eigenvalue weighted by Gasteiger charge is -2.47. The minimum Gasteiger partial charge on any atom is -0.317 e. The number of benzene rings is 1. The first-order valence-electron chi connectivity index (χ1n) is 11.8. The van der Waals surface area contributed by atoms with E-state index in [2.05, 4.69) is 16.0 Å². The maximum absolute atomic E-state index is 13.0. The van der Waals surface area contributed by atoms with Crippen molar-refractivity contribution in [2.75, 3.05) is 13.1 Å². The maximum atomic E-state index is 13.0. The van der Waals surface area contributed by atoms with Gasteiger partial charge in [0.2, 0.25) is 11.8 Å².